The van der Waals surface area contributed by atoms with Crippen molar-refractivity contribution in [2.24, 2.45) is 0 Å². The second-order valence-electron chi connectivity index (χ2n) is 3.66. The molecule has 0 aliphatic heterocycles. The van der Waals surface area contributed by atoms with E-state index in [1.165, 1.54) is 0 Å². The van der Waals surface area contributed by atoms with E-state index in [0.717, 1.165) is 35.7 Å². The van der Waals surface area contributed by atoms with E-state index in [1.54, 1.807) is 0 Å². The van der Waals surface area contributed by atoms with E-state index in [4.69, 9.17) is 0 Å². The van der Waals surface area contributed by atoms with Gasteiger partial charge < -0.3 is 0 Å². The summed E-state index contributed by atoms with van der Waals surface area (Å²) in [6.45, 7) is 3.68. The number of carbonyl (C=O) groups excluding carboxylic acids is 1. The zero-order valence-corrected chi connectivity index (χ0v) is 9.02. The van der Waals surface area contributed by atoms with Crippen molar-refractivity contribution in [3.05, 3.63) is 54.2 Å². The summed E-state index contributed by atoms with van der Waals surface area (Å²) in [6, 6.07) is 9.72. The summed E-state index contributed by atoms with van der Waals surface area (Å²) in [5.41, 5.74) is 2.47. The van der Waals surface area contributed by atoms with Crippen LogP contribution in [-0.2, 0) is 6.42 Å². The Morgan fingerprint density at radius 1 is 1.31 bits per heavy atom. The van der Waals surface area contributed by atoms with Crippen LogP contribution in [0.4, 0.5) is 0 Å². The molecule has 0 atom stereocenters. The summed E-state index contributed by atoms with van der Waals surface area (Å²) < 4.78 is 0. The minimum atomic E-state index is 0.681. The van der Waals surface area contributed by atoms with Crippen molar-refractivity contribution in [2.45, 2.75) is 12.8 Å². The van der Waals surface area contributed by atoms with Crippen LogP contribution in [0, 0.1) is 0 Å². The van der Waals surface area contributed by atoms with E-state index < -0.39 is 0 Å². The van der Waals surface area contributed by atoms with Crippen LogP contribution in [0.15, 0.2) is 43.0 Å². The summed E-state index contributed by atoms with van der Waals surface area (Å²) in [6.07, 6.45) is 4.32. The number of pyridine rings is 1. The van der Waals surface area contributed by atoms with E-state index in [9.17, 15) is 4.79 Å². The molecular weight excluding hydrogens is 198 g/mol. The van der Waals surface area contributed by atoms with Crippen LogP contribution in [0.5, 0.6) is 0 Å². The standard InChI is InChI=1S/C14H13NO/c1-2-3-7-14-12(10-16)9-11-6-4-5-8-13(11)15-14/h2,4-6,8-10H,1,3,7H2. The maximum absolute atomic E-state index is 11.0. The second-order valence-corrected chi connectivity index (χ2v) is 3.66. The molecule has 0 aliphatic carbocycles. The van der Waals surface area contributed by atoms with Crippen LogP contribution in [-0.4, -0.2) is 11.3 Å². The first-order valence-electron chi connectivity index (χ1n) is 5.30. The molecule has 0 bridgehead atoms. The van der Waals surface area contributed by atoms with E-state index in [0.29, 0.717) is 5.56 Å². The van der Waals surface area contributed by atoms with Crippen LogP contribution >= 0.6 is 0 Å². The zero-order chi connectivity index (χ0) is 11.4. The van der Waals surface area contributed by atoms with E-state index in [2.05, 4.69) is 11.6 Å². The third-order valence-corrected chi connectivity index (χ3v) is 2.55. The van der Waals surface area contributed by atoms with Crippen LogP contribution in [0.1, 0.15) is 22.5 Å². The van der Waals surface area contributed by atoms with Gasteiger partial charge in [0, 0.05) is 10.9 Å². The molecule has 2 aromatic rings. The summed E-state index contributed by atoms with van der Waals surface area (Å²) in [7, 11) is 0. The SMILES string of the molecule is C=CCCc1nc2ccccc2cc1C=O. The van der Waals surface area contributed by atoms with Gasteiger partial charge in [0.2, 0.25) is 0 Å². The highest BCUT2D eigenvalue weighted by molar-refractivity contribution is 5.87. The van der Waals surface area contributed by atoms with Crippen molar-refractivity contribution in [3.63, 3.8) is 0 Å². The Bertz CT molecular complexity index is 531. The molecule has 0 saturated carbocycles. The first-order chi connectivity index (χ1) is 7.85. The summed E-state index contributed by atoms with van der Waals surface area (Å²) in [5.74, 6) is 0. The van der Waals surface area contributed by atoms with Gasteiger partial charge >= 0.3 is 0 Å². The number of fused-ring (bicyclic) bond motifs is 1. The molecule has 1 heterocycles. The topological polar surface area (TPSA) is 30.0 Å². The van der Waals surface area contributed by atoms with Gasteiger partial charge in [0.05, 0.1) is 11.2 Å². The van der Waals surface area contributed by atoms with Gasteiger partial charge in [-0.15, -0.1) is 6.58 Å². The van der Waals surface area contributed by atoms with Crippen LogP contribution in [0.2, 0.25) is 0 Å². The number of benzene rings is 1. The fourth-order valence-corrected chi connectivity index (χ4v) is 1.71. The molecule has 2 heteroatoms. The van der Waals surface area contributed by atoms with Crippen LogP contribution in [0.3, 0.4) is 0 Å². The van der Waals surface area contributed by atoms with Gasteiger partial charge in [-0.2, -0.15) is 0 Å². The number of aromatic nitrogens is 1. The highest BCUT2D eigenvalue weighted by Gasteiger charge is 2.04. The van der Waals surface area contributed by atoms with Gasteiger partial charge in [-0.3, -0.25) is 9.78 Å². The fourth-order valence-electron chi connectivity index (χ4n) is 1.71. The highest BCUT2D eigenvalue weighted by atomic mass is 16.1. The molecule has 0 saturated heterocycles. The number of aryl methyl sites for hydroxylation is 1. The highest BCUT2D eigenvalue weighted by Crippen LogP contribution is 2.16. The van der Waals surface area contributed by atoms with E-state index in [1.807, 2.05) is 36.4 Å². The Labute approximate surface area is 94.6 Å². The Kier molecular flexibility index (Phi) is 3.10. The largest absolute Gasteiger partial charge is 0.298 e. The van der Waals surface area contributed by atoms with Crippen molar-refractivity contribution in [1.82, 2.24) is 4.98 Å². The summed E-state index contributed by atoms with van der Waals surface area (Å²) in [4.78, 5) is 15.5. The summed E-state index contributed by atoms with van der Waals surface area (Å²) >= 11 is 0. The number of para-hydroxylation sites is 1. The molecule has 0 fully saturated rings. The Morgan fingerprint density at radius 3 is 2.88 bits per heavy atom. The molecule has 0 radical (unpaired) electrons. The lowest BCUT2D eigenvalue weighted by atomic mass is 10.1. The molecule has 2 rings (SSSR count). The first-order valence-corrected chi connectivity index (χ1v) is 5.30. The molecule has 0 aliphatic rings. The van der Waals surface area contributed by atoms with E-state index >= 15 is 0 Å². The van der Waals surface area contributed by atoms with Gasteiger partial charge in [0.25, 0.3) is 0 Å². The smallest absolute Gasteiger partial charge is 0.151 e. The van der Waals surface area contributed by atoms with Gasteiger partial charge in [0.1, 0.15) is 0 Å². The number of aldehydes is 1. The predicted octanol–water partition coefficient (Wildman–Crippen LogP) is 3.17. The van der Waals surface area contributed by atoms with Crippen molar-refractivity contribution in [2.75, 3.05) is 0 Å². The molecule has 1 aromatic carbocycles. The average Bonchev–Trinajstić information content (AvgIpc) is 2.35. The Morgan fingerprint density at radius 2 is 2.12 bits per heavy atom. The number of hydrogen-bond acceptors (Lipinski definition) is 2. The van der Waals surface area contributed by atoms with Crippen molar-refractivity contribution in [3.8, 4) is 0 Å². The van der Waals surface area contributed by atoms with Crippen molar-refractivity contribution >= 4 is 17.2 Å². The lowest BCUT2D eigenvalue weighted by Gasteiger charge is -2.04. The molecule has 0 amide bonds. The molecule has 0 unspecified atom stereocenters. The van der Waals surface area contributed by atoms with Gasteiger partial charge in [-0.1, -0.05) is 24.3 Å². The number of hydrogen-bond donors (Lipinski definition) is 0. The Hall–Kier alpha value is -1.96. The first kappa shape index (κ1) is 10.6. The minimum absolute atomic E-state index is 0.681. The average molecular weight is 211 g/mol. The molecule has 16 heavy (non-hydrogen) atoms. The zero-order valence-electron chi connectivity index (χ0n) is 9.02. The van der Waals surface area contributed by atoms with Crippen molar-refractivity contribution < 1.29 is 4.79 Å². The molecule has 0 N–H and O–H groups in total. The molecule has 2 nitrogen and oxygen atoms in total. The third kappa shape index (κ3) is 2.01. The number of allylic oxidation sites excluding steroid dienone is 1. The number of rotatable bonds is 4. The predicted molar refractivity (Wildman–Crippen MR) is 65.6 cm³/mol. The number of nitrogens with zero attached hydrogens (tertiary/aromatic N) is 1. The van der Waals surface area contributed by atoms with Crippen LogP contribution in [0.25, 0.3) is 10.9 Å². The van der Waals surface area contributed by atoms with E-state index in [-0.39, 0.29) is 0 Å². The summed E-state index contributed by atoms with van der Waals surface area (Å²) in [5, 5.41) is 1.01. The maximum atomic E-state index is 11.0. The second kappa shape index (κ2) is 4.71. The molecule has 0 spiro atoms. The third-order valence-electron chi connectivity index (χ3n) is 2.55. The lowest BCUT2D eigenvalue weighted by Crippen LogP contribution is -1.97. The normalized spacial score (nSPS) is 10.2. The van der Waals surface area contributed by atoms with Crippen molar-refractivity contribution in [1.29, 1.82) is 0 Å². The quantitative estimate of drug-likeness (QED) is 0.574. The fraction of sp³-hybridized carbons (Fsp3) is 0.143. The van der Waals surface area contributed by atoms with Crippen LogP contribution < -0.4 is 0 Å². The maximum Gasteiger partial charge on any atom is 0.151 e. The minimum Gasteiger partial charge on any atom is -0.298 e. The molecular formula is C14H13NO. The monoisotopic (exact) mass is 211 g/mol. The number of carbonyl (C=O) groups is 1. The van der Waals surface area contributed by atoms with Gasteiger partial charge in [-0.25, -0.2) is 0 Å². The van der Waals surface area contributed by atoms with Gasteiger partial charge in [0.15, 0.2) is 6.29 Å². The van der Waals surface area contributed by atoms with Gasteiger partial charge in [-0.05, 0) is 25.0 Å². The molecule has 1 aromatic heterocycles. The molecule has 80 valence electrons. The lowest BCUT2D eigenvalue weighted by molar-refractivity contribution is 0.112. The Balaban J connectivity index is 2.53.